The predicted octanol–water partition coefficient (Wildman–Crippen LogP) is 3.59. The molecule has 0 saturated heterocycles. The Morgan fingerprint density at radius 3 is 2.95 bits per heavy atom. The van der Waals surface area contributed by atoms with Gasteiger partial charge in [-0.15, -0.1) is 0 Å². The summed E-state index contributed by atoms with van der Waals surface area (Å²) in [6.45, 7) is 2.79. The first-order chi connectivity index (χ1) is 10.1. The highest BCUT2D eigenvalue weighted by atomic mass is 35.5. The molecule has 0 saturated carbocycles. The molecular formula is C16H15ClN2O2. The molecule has 0 atom stereocenters. The van der Waals surface area contributed by atoms with Crippen molar-refractivity contribution in [3.63, 3.8) is 0 Å². The molecule has 0 bridgehead atoms. The summed E-state index contributed by atoms with van der Waals surface area (Å²) in [6.07, 6.45) is 0. The quantitative estimate of drug-likeness (QED) is 0.911. The molecule has 0 spiro atoms. The van der Waals surface area contributed by atoms with Crippen LogP contribution in [0.15, 0.2) is 36.4 Å². The lowest BCUT2D eigenvalue weighted by molar-refractivity contribution is -0.118. The summed E-state index contributed by atoms with van der Waals surface area (Å²) in [5, 5.41) is 6.59. The summed E-state index contributed by atoms with van der Waals surface area (Å²) in [5.41, 5.74) is 3.83. The van der Waals surface area contributed by atoms with Crippen LogP contribution >= 0.6 is 11.6 Å². The van der Waals surface area contributed by atoms with E-state index >= 15 is 0 Å². The van der Waals surface area contributed by atoms with E-state index in [0.29, 0.717) is 23.0 Å². The molecule has 0 aliphatic carbocycles. The summed E-state index contributed by atoms with van der Waals surface area (Å²) in [5.74, 6) is 0.463. The fraction of sp³-hybridized carbons (Fsp3) is 0.188. The van der Waals surface area contributed by atoms with Crippen molar-refractivity contribution in [2.75, 3.05) is 17.2 Å². The Morgan fingerprint density at radius 1 is 1.33 bits per heavy atom. The summed E-state index contributed by atoms with van der Waals surface area (Å²) >= 11 is 6.25. The molecule has 1 amide bonds. The molecule has 108 valence electrons. The molecule has 3 rings (SSSR count). The van der Waals surface area contributed by atoms with Crippen LogP contribution in [0.3, 0.4) is 0 Å². The van der Waals surface area contributed by atoms with Gasteiger partial charge in [0.1, 0.15) is 5.75 Å². The van der Waals surface area contributed by atoms with E-state index in [1.807, 2.05) is 18.2 Å². The Hall–Kier alpha value is -2.20. The molecule has 2 aromatic rings. The van der Waals surface area contributed by atoms with Crippen LogP contribution in [-0.2, 0) is 11.3 Å². The maximum absolute atomic E-state index is 11.3. The van der Waals surface area contributed by atoms with Crippen molar-refractivity contribution in [2.24, 2.45) is 0 Å². The van der Waals surface area contributed by atoms with E-state index in [1.54, 1.807) is 6.07 Å². The number of anilines is 2. The number of benzene rings is 2. The summed E-state index contributed by atoms with van der Waals surface area (Å²) in [6, 6.07) is 11.7. The number of halogens is 1. The molecule has 2 aromatic carbocycles. The number of carbonyl (C=O) groups excluding carboxylic acids is 1. The van der Waals surface area contributed by atoms with Gasteiger partial charge in [0.15, 0.2) is 6.61 Å². The van der Waals surface area contributed by atoms with E-state index in [0.717, 1.165) is 5.69 Å². The standard InChI is InChI=1S/C16H15ClN2O2/c1-10-4-2-3-5-11(10)8-18-13-7-15-14(6-12(13)17)19-16(20)9-21-15/h2-7,18H,8-9H2,1H3,(H,19,20). The Balaban J connectivity index is 1.80. The summed E-state index contributed by atoms with van der Waals surface area (Å²) < 4.78 is 5.40. The minimum Gasteiger partial charge on any atom is -0.482 e. The number of carbonyl (C=O) groups is 1. The lowest BCUT2D eigenvalue weighted by Crippen LogP contribution is -2.25. The van der Waals surface area contributed by atoms with Crippen molar-refractivity contribution in [1.82, 2.24) is 0 Å². The first-order valence-corrected chi connectivity index (χ1v) is 7.06. The van der Waals surface area contributed by atoms with Gasteiger partial charge in [-0.3, -0.25) is 4.79 Å². The van der Waals surface area contributed by atoms with E-state index in [4.69, 9.17) is 16.3 Å². The molecule has 0 radical (unpaired) electrons. The highest BCUT2D eigenvalue weighted by Crippen LogP contribution is 2.36. The minimum absolute atomic E-state index is 0.0336. The molecule has 0 unspecified atom stereocenters. The SMILES string of the molecule is Cc1ccccc1CNc1cc2c(cc1Cl)NC(=O)CO2. The molecule has 0 aromatic heterocycles. The zero-order valence-corrected chi connectivity index (χ0v) is 12.3. The molecule has 1 aliphatic heterocycles. The van der Waals surface area contributed by atoms with Gasteiger partial charge >= 0.3 is 0 Å². The average molecular weight is 303 g/mol. The van der Waals surface area contributed by atoms with Crippen LogP contribution in [-0.4, -0.2) is 12.5 Å². The number of aryl methyl sites for hydroxylation is 1. The van der Waals surface area contributed by atoms with E-state index < -0.39 is 0 Å². The third-order valence-corrected chi connectivity index (χ3v) is 3.75. The van der Waals surface area contributed by atoms with Crippen molar-refractivity contribution in [1.29, 1.82) is 0 Å². The van der Waals surface area contributed by atoms with E-state index in [9.17, 15) is 4.79 Å². The summed E-state index contributed by atoms with van der Waals surface area (Å²) in [4.78, 5) is 11.3. The smallest absolute Gasteiger partial charge is 0.262 e. The molecule has 1 heterocycles. The molecule has 4 nitrogen and oxygen atoms in total. The Morgan fingerprint density at radius 2 is 2.14 bits per heavy atom. The third kappa shape index (κ3) is 2.95. The van der Waals surface area contributed by atoms with Gasteiger partial charge in [-0.1, -0.05) is 35.9 Å². The van der Waals surface area contributed by atoms with Gasteiger partial charge in [0.2, 0.25) is 0 Å². The number of amides is 1. The predicted molar refractivity (Wildman–Crippen MR) is 84.1 cm³/mol. The first kappa shape index (κ1) is 13.8. The number of fused-ring (bicyclic) bond motifs is 1. The van der Waals surface area contributed by atoms with Crippen molar-refractivity contribution in [2.45, 2.75) is 13.5 Å². The zero-order chi connectivity index (χ0) is 14.8. The highest BCUT2D eigenvalue weighted by molar-refractivity contribution is 6.33. The van der Waals surface area contributed by atoms with Gasteiger partial charge in [-0.2, -0.15) is 0 Å². The van der Waals surface area contributed by atoms with Crippen LogP contribution in [0, 0.1) is 6.92 Å². The molecule has 5 heteroatoms. The normalized spacial score (nSPS) is 13.1. The first-order valence-electron chi connectivity index (χ1n) is 6.68. The van der Waals surface area contributed by atoms with Gasteiger partial charge in [0.25, 0.3) is 5.91 Å². The number of rotatable bonds is 3. The maximum atomic E-state index is 11.3. The average Bonchev–Trinajstić information content (AvgIpc) is 2.46. The molecule has 1 aliphatic rings. The lowest BCUT2D eigenvalue weighted by Gasteiger charge is -2.20. The monoisotopic (exact) mass is 302 g/mol. The number of nitrogens with one attached hydrogen (secondary N) is 2. The van der Waals surface area contributed by atoms with Crippen molar-refractivity contribution in [3.8, 4) is 5.75 Å². The number of ether oxygens (including phenoxy) is 1. The van der Waals surface area contributed by atoms with Crippen LogP contribution in [0.1, 0.15) is 11.1 Å². The minimum atomic E-state index is -0.167. The lowest BCUT2D eigenvalue weighted by atomic mass is 10.1. The second kappa shape index (κ2) is 5.66. The maximum Gasteiger partial charge on any atom is 0.262 e. The van der Waals surface area contributed by atoms with Crippen LogP contribution in [0.2, 0.25) is 5.02 Å². The van der Waals surface area contributed by atoms with Crippen LogP contribution in [0.4, 0.5) is 11.4 Å². The second-order valence-electron chi connectivity index (χ2n) is 4.95. The van der Waals surface area contributed by atoms with Gasteiger partial charge in [-0.25, -0.2) is 0 Å². The van der Waals surface area contributed by atoms with Gasteiger partial charge in [0, 0.05) is 12.6 Å². The Labute approximate surface area is 128 Å². The van der Waals surface area contributed by atoms with Crippen molar-refractivity contribution >= 4 is 28.9 Å². The summed E-state index contributed by atoms with van der Waals surface area (Å²) in [7, 11) is 0. The van der Waals surface area contributed by atoms with Gasteiger partial charge < -0.3 is 15.4 Å². The zero-order valence-electron chi connectivity index (χ0n) is 11.6. The Kier molecular flexibility index (Phi) is 3.71. The van der Waals surface area contributed by atoms with Crippen LogP contribution < -0.4 is 15.4 Å². The van der Waals surface area contributed by atoms with Crippen molar-refractivity contribution < 1.29 is 9.53 Å². The second-order valence-corrected chi connectivity index (χ2v) is 5.35. The fourth-order valence-electron chi connectivity index (χ4n) is 2.23. The number of hydrogen-bond acceptors (Lipinski definition) is 3. The van der Waals surface area contributed by atoms with Crippen molar-refractivity contribution in [3.05, 3.63) is 52.5 Å². The molecular weight excluding hydrogens is 288 g/mol. The van der Waals surface area contributed by atoms with Crippen LogP contribution in [0.5, 0.6) is 5.75 Å². The van der Waals surface area contributed by atoms with Crippen LogP contribution in [0.25, 0.3) is 0 Å². The topological polar surface area (TPSA) is 50.4 Å². The molecule has 0 fully saturated rings. The largest absolute Gasteiger partial charge is 0.482 e. The Bertz CT molecular complexity index is 701. The van der Waals surface area contributed by atoms with E-state index in [-0.39, 0.29) is 12.5 Å². The number of hydrogen-bond donors (Lipinski definition) is 2. The van der Waals surface area contributed by atoms with E-state index in [2.05, 4.69) is 29.7 Å². The third-order valence-electron chi connectivity index (χ3n) is 3.43. The highest BCUT2D eigenvalue weighted by Gasteiger charge is 2.18. The molecule has 21 heavy (non-hydrogen) atoms. The van der Waals surface area contributed by atoms with Gasteiger partial charge in [-0.05, 0) is 24.1 Å². The van der Waals surface area contributed by atoms with Gasteiger partial charge in [0.05, 0.1) is 16.4 Å². The molecule has 2 N–H and O–H groups in total. The van der Waals surface area contributed by atoms with E-state index in [1.165, 1.54) is 11.1 Å². The fourth-order valence-corrected chi connectivity index (χ4v) is 2.46.